The molecule has 7 heteroatoms. The first-order valence-corrected chi connectivity index (χ1v) is 9.01. The summed E-state index contributed by atoms with van der Waals surface area (Å²) in [6, 6.07) is 3.34. The van der Waals surface area contributed by atoms with Gasteiger partial charge in [-0.25, -0.2) is 4.98 Å². The van der Waals surface area contributed by atoms with Crippen molar-refractivity contribution in [1.29, 1.82) is 0 Å². The predicted octanol–water partition coefficient (Wildman–Crippen LogP) is 3.35. The number of rotatable bonds is 4. The first-order valence-electron chi connectivity index (χ1n) is 8.13. The normalized spacial score (nSPS) is 18.0. The molecule has 1 aliphatic heterocycles. The Balaban J connectivity index is 1.61. The number of likely N-dealkylation sites (tertiary alicyclic amines) is 1. The Labute approximate surface area is 144 Å². The molecule has 1 aliphatic rings. The van der Waals surface area contributed by atoms with Gasteiger partial charge in [-0.3, -0.25) is 9.59 Å². The van der Waals surface area contributed by atoms with Crippen LogP contribution in [0.3, 0.4) is 0 Å². The van der Waals surface area contributed by atoms with Gasteiger partial charge in [0.25, 0.3) is 5.91 Å². The molecule has 128 valence electrons. The molecular formula is C17H21N3O3S. The summed E-state index contributed by atoms with van der Waals surface area (Å²) in [5.74, 6) is 0.204. The van der Waals surface area contributed by atoms with Gasteiger partial charge in [0.1, 0.15) is 0 Å². The van der Waals surface area contributed by atoms with E-state index in [4.69, 9.17) is 4.42 Å². The van der Waals surface area contributed by atoms with E-state index in [1.54, 1.807) is 17.0 Å². The highest BCUT2D eigenvalue weighted by Gasteiger charge is 2.30. The Kier molecular flexibility index (Phi) is 4.99. The molecule has 0 spiro atoms. The summed E-state index contributed by atoms with van der Waals surface area (Å²) in [4.78, 5) is 31.0. The second-order valence-corrected chi connectivity index (χ2v) is 7.15. The molecule has 0 aromatic carbocycles. The van der Waals surface area contributed by atoms with Gasteiger partial charge in [-0.2, -0.15) is 0 Å². The topological polar surface area (TPSA) is 75.4 Å². The molecular weight excluding hydrogens is 326 g/mol. The zero-order valence-electron chi connectivity index (χ0n) is 13.8. The largest absolute Gasteiger partial charge is 0.459 e. The van der Waals surface area contributed by atoms with E-state index in [-0.39, 0.29) is 17.7 Å². The summed E-state index contributed by atoms with van der Waals surface area (Å²) in [6.45, 7) is 5.20. The van der Waals surface area contributed by atoms with Crippen LogP contribution in [0.2, 0.25) is 0 Å². The Morgan fingerprint density at radius 1 is 1.46 bits per heavy atom. The lowest BCUT2D eigenvalue weighted by atomic mass is 9.97. The lowest BCUT2D eigenvalue weighted by Crippen LogP contribution is -2.43. The molecule has 3 heterocycles. The fourth-order valence-electron chi connectivity index (χ4n) is 2.75. The maximum absolute atomic E-state index is 12.5. The highest BCUT2D eigenvalue weighted by Crippen LogP contribution is 2.24. The molecule has 2 aromatic rings. The van der Waals surface area contributed by atoms with Crippen LogP contribution in [0.5, 0.6) is 0 Å². The number of hydrogen-bond acceptors (Lipinski definition) is 5. The molecule has 2 amide bonds. The molecule has 24 heavy (non-hydrogen) atoms. The zero-order chi connectivity index (χ0) is 17.1. The van der Waals surface area contributed by atoms with Crippen LogP contribution in [-0.4, -0.2) is 34.8 Å². The number of carbonyl (C=O) groups is 2. The molecule has 0 saturated carbocycles. The van der Waals surface area contributed by atoms with E-state index in [2.05, 4.69) is 24.1 Å². The lowest BCUT2D eigenvalue weighted by Gasteiger charge is -2.31. The SMILES string of the molecule is CC(C)c1csc(NC(=O)[C@@H]2CCCN(C(=O)c3ccco3)C2)n1. The van der Waals surface area contributed by atoms with Crippen LogP contribution >= 0.6 is 11.3 Å². The van der Waals surface area contributed by atoms with Crippen molar-refractivity contribution in [2.24, 2.45) is 5.92 Å². The molecule has 1 N–H and O–H groups in total. The quantitative estimate of drug-likeness (QED) is 0.920. The van der Waals surface area contributed by atoms with Crippen molar-refractivity contribution in [3.8, 4) is 0 Å². The van der Waals surface area contributed by atoms with Crippen LogP contribution < -0.4 is 5.32 Å². The van der Waals surface area contributed by atoms with Crippen LogP contribution in [-0.2, 0) is 4.79 Å². The number of nitrogens with one attached hydrogen (secondary N) is 1. The molecule has 6 nitrogen and oxygen atoms in total. The molecule has 3 rings (SSSR count). The fraction of sp³-hybridized carbons (Fsp3) is 0.471. The van der Waals surface area contributed by atoms with Crippen molar-refractivity contribution < 1.29 is 14.0 Å². The molecule has 0 unspecified atom stereocenters. The third-order valence-electron chi connectivity index (χ3n) is 4.15. The summed E-state index contributed by atoms with van der Waals surface area (Å²) in [6.07, 6.45) is 3.06. The van der Waals surface area contributed by atoms with E-state index >= 15 is 0 Å². The summed E-state index contributed by atoms with van der Waals surface area (Å²) in [7, 11) is 0. The third kappa shape index (κ3) is 3.67. The van der Waals surface area contributed by atoms with E-state index in [9.17, 15) is 9.59 Å². The van der Waals surface area contributed by atoms with Gasteiger partial charge < -0.3 is 14.6 Å². The van der Waals surface area contributed by atoms with Crippen LogP contribution in [0.15, 0.2) is 28.2 Å². The van der Waals surface area contributed by atoms with E-state index in [0.717, 1.165) is 18.5 Å². The van der Waals surface area contributed by atoms with Gasteiger partial charge in [0, 0.05) is 18.5 Å². The van der Waals surface area contributed by atoms with Crippen LogP contribution in [0.4, 0.5) is 5.13 Å². The maximum atomic E-state index is 12.5. The van der Waals surface area contributed by atoms with Gasteiger partial charge in [-0.05, 0) is 30.9 Å². The van der Waals surface area contributed by atoms with Crippen molar-refractivity contribution in [3.63, 3.8) is 0 Å². The number of carbonyl (C=O) groups excluding carboxylic acids is 2. The number of aromatic nitrogens is 1. The van der Waals surface area contributed by atoms with Crippen LogP contribution in [0.1, 0.15) is 48.9 Å². The van der Waals surface area contributed by atoms with E-state index in [1.165, 1.54) is 17.6 Å². The summed E-state index contributed by atoms with van der Waals surface area (Å²) in [5.41, 5.74) is 0.980. The Bertz CT molecular complexity index is 708. The predicted molar refractivity (Wildman–Crippen MR) is 92.2 cm³/mol. The molecule has 0 bridgehead atoms. The first-order chi connectivity index (χ1) is 11.5. The zero-order valence-corrected chi connectivity index (χ0v) is 14.6. The van der Waals surface area contributed by atoms with Crippen molar-refractivity contribution in [2.45, 2.75) is 32.6 Å². The molecule has 1 saturated heterocycles. The second-order valence-electron chi connectivity index (χ2n) is 6.29. The minimum atomic E-state index is -0.218. The van der Waals surface area contributed by atoms with Crippen molar-refractivity contribution in [3.05, 3.63) is 35.2 Å². The molecule has 1 atom stereocenters. The second kappa shape index (κ2) is 7.17. The Hall–Kier alpha value is -2.15. The number of amides is 2. The molecule has 0 aliphatic carbocycles. The average Bonchev–Trinajstić information content (AvgIpc) is 3.26. The highest BCUT2D eigenvalue weighted by atomic mass is 32.1. The van der Waals surface area contributed by atoms with Gasteiger partial charge in [0.15, 0.2) is 10.9 Å². The van der Waals surface area contributed by atoms with Crippen molar-refractivity contribution in [1.82, 2.24) is 9.88 Å². The van der Waals surface area contributed by atoms with Gasteiger partial charge in [-0.1, -0.05) is 13.8 Å². The average molecular weight is 347 g/mol. The Morgan fingerprint density at radius 3 is 2.96 bits per heavy atom. The van der Waals surface area contributed by atoms with Crippen LogP contribution in [0.25, 0.3) is 0 Å². The number of furan rings is 1. The van der Waals surface area contributed by atoms with Gasteiger partial charge in [-0.15, -0.1) is 11.3 Å². The minimum Gasteiger partial charge on any atom is -0.459 e. The lowest BCUT2D eigenvalue weighted by molar-refractivity contribution is -0.121. The number of anilines is 1. The maximum Gasteiger partial charge on any atom is 0.289 e. The minimum absolute atomic E-state index is 0.0726. The van der Waals surface area contributed by atoms with Crippen LogP contribution in [0, 0.1) is 5.92 Å². The third-order valence-corrected chi connectivity index (χ3v) is 4.93. The monoisotopic (exact) mass is 347 g/mol. The van der Waals surface area contributed by atoms with E-state index < -0.39 is 0 Å². The summed E-state index contributed by atoms with van der Waals surface area (Å²) in [5, 5.41) is 5.48. The number of nitrogens with zero attached hydrogens (tertiary/aromatic N) is 2. The van der Waals surface area contributed by atoms with Gasteiger partial charge in [0.2, 0.25) is 5.91 Å². The molecule has 0 radical (unpaired) electrons. The Morgan fingerprint density at radius 2 is 2.29 bits per heavy atom. The van der Waals surface area contributed by atoms with Gasteiger partial charge in [0.05, 0.1) is 17.9 Å². The summed E-state index contributed by atoms with van der Waals surface area (Å²) >= 11 is 1.44. The summed E-state index contributed by atoms with van der Waals surface area (Å²) < 4.78 is 5.16. The van der Waals surface area contributed by atoms with Gasteiger partial charge >= 0.3 is 0 Å². The smallest absolute Gasteiger partial charge is 0.289 e. The number of hydrogen-bond donors (Lipinski definition) is 1. The van der Waals surface area contributed by atoms with E-state index in [0.29, 0.717) is 29.9 Å². The van der Waals surface area contributed by atoms with Crippen molar-refractivity contribution in [2.75, 3.05) is 18.4 Å². The number of piperidine rings is 1. The fourth-order valence-corrected chi connectivity index (χ4v) is 3.62. The molecule has 1 fully saturated rings. The van der Waals surface area contributed by atoms with E-state index in [1.807, 2.05) is 5.38 Å². The first kappa shape index (κ1) is 16.7. The van der Waals surface area contributed by atoms with Crippen molar-refractivity contribution >= 4 is 28.3 Å². The number of thiazole rings is 1. The highest BCUT2D eigenvalue weighted by molar-refractivity contribution is 7.13. The standard InChI is InChI=1S/C17H21N3O3S/c1-11(2)13-10-24-17(18-13)19-15(21)12-5-3-7-20(9-12)16(22)14-6-4-8-23-14/h4,6,8,10-12H,3,5,7,9H2,1-2H3,(H,18,19,21)/t12-/m1/s1. The molecule has 2 aromatic heterocycles.